The van der Waals surface area contributed by atoms with E-state index < -0.39 is 35.5 Å². The van der Waals surface area contributed by atoms with Gasteiger partial charge in [-0.3, -0.25) is 10.1 Å². The zero-order valence-electron chi connectivity index (χ0n) is 14.1. The van der Waals surface area contributed by atoms with Crippen molar-refractivity contribution in [1.29, 1.82) is 0 Å². The van der Waals surface area contributed by atoms with Gasteiger partial charge in [0.25, 0.3) is 0 Å². The Morgan fingerprint density at radius 1 is 1.33 bits per heavy atom. The average molecular weight is 397 g/mol. The molecule has 3 amide bonds. The number of hydrogen-bond donors (Lipinski definition) is 3. The van der Waals surface area contributed by atoms with E-state index in [1.54, 1.807) is 0 Å². The summed E-state index contributed by atoms with van der Waals surface area (Å²) in [6.07, 6.45) is 1.34. The lowest BCUT2D eigenvalue weighted by molar-refractivity contribution is -0.120. The lowest BCUT2D eigenvalue weighted by Gasteiger charge is -2.20. The standard InChI is InChI=1S/C17H15ClF2N4O3/c1-27-9-4-11(19)14(12(20)5-9)10-7-22-16(25)15(10)24-17(26)23-13-3-2-8(18)6-21-13/h2-6,10,15H,7H2,1H3,(H,22,25)(H2,21,23,24,26). The van der Waals surface area contributed by atoms with Crippen LogP contribution >= 0.6 is 11.6 Å². The first-order valence-electron chi connectivity index (χ1n) is 7.88. The number of urea groups is 1. The maximum absolute atomic E-state index is 14.4. The van der Waals surface area contributed by atoms with Crippen LogP contribution < -0.4 is 20.7 Å². The van der Waals surface area contributed by atoms with Crippen molar-refractivity contribution in [3.8, 4) is 5.75 Å². The molecule has 2 aromatic rings. The van der Waals surface area contributed by atoms with Crippen molar-refractivity contribution >= 4 is 29.4 Å². The molecule has 0 radical (unpaired) electrons. The molecule has 27 heavy (non-hydrogen) atoms. The summed E-state index contributed by atoms with van der Waals surface area (Å²) in [5.74, 6) is -2.98. The third-order valence-electron chi connectivity index (χ3n) is 4.10. The van der Waals surface area contributed by atoms with E-state index in [9.17, 15) is 18.4 Å². The van der Waals surface area contributed by atoms with Crippen molar-refractivity contribution in [2.75, 3.05) is 19.0 Å². The highest BCUT2D eigenvalue weighted by Gasteiger charge is 2.40. The van der Waals surface area contributed by atoms with Gasteiger partial charge in [-0.25, -0.2) is 18.6 Å². The molecule has 3 rings (SSSR count). The van der Waals surface area contributed by atoms with Gasteiger partial charge in [0.05, 0.1) is 12.1 Å². The summed E-state index contributed by atoms with van der Waals surface area (Å²) >= 11 is 5.72. The van der Waals surface area contributed by atoms with Crippen LogP contribution in [-0.2, 0) is 4.79 Å². The second-order valence-corrected chi connectivity index (χ2v) is 6.23. The van der Waals surface area contributed by atoms with Crippen LogP contribution in [0.2, 0.25) is 5.02 Å². The third kappa shape index (κ3) is 4.08. The fourth-order valence-corrected chi connectivity index (χ4v) is 2.94. The molecule has 2 heterocycles. The van der Waals surface area contributed by atoms with Crippen molar-refractivity contribution in [3.63, 3.8) is 0 Å². The number of pyridine rings is 1. The number of anilines is 1. The summed E-state index contributed by atoms with van der Waals surface area (Å²) in [6.45, 7) is -0.0247. The number of nitrogens with zero attached hydrogens (tertiary/aromatic N) is 1. The molecular formula is C17H15ClF2N4O3. The summed E-state index contributed by atoms with van der Waals surface area (Å²) in [7, 11) is 1.29. The Hall–Kier alpha value is -2.94. The summed E-state index contributed by atoms with van der Waals surface area (Å²) in [6, 6.07) is 3.14. The molecule has 1 saturated heterocycles. The topological polar surface area (TPSA) is 92.4 Å². The molecule has 1 aromatic carbocycles. The van der Waals surface area contributed by atoms with Gasteiger partial charge in [-0.1, -0.05) is 11.6 Å². The van der Waals surface area contributed by atoms with Crippen molar-refractivity contribution in [3.05, 3.63) is 52.7 Å². The van der Waals surface area contributed by atoms with Crippen LogP contribution in [0.25, 0.3) is 0 Å². The van der Waals surface area contributed by atoms with Gasteiger partial charge in [0, 0.05) is 36.4 Å². The third-order valence-corrected chi connectivity index (χ3v) is 4.32. The summed E-state index contributed by atoms with van der Waals surface area (Å²) in [5, 5.41) is 7.74. The summed E-state index contributed by atoms with van der Waals surface area (Å²) in [4.78, 5) is 28.1. The number of hydrogen-bond acceptors (Lipinski definition) is 4. The van der Waals surface area contributed by atoms with E-state index >= 15 is 0 Å². The molecule has 1 fully saturated rings. The molecule has 142 valence electrons. The predicted molar refractivity (Wildman–Crippen MR) is 93.9 cm³/mol. The molecule has 7 nitrogen and oxygen atoms in total. The number of halogens is 3. The maximum Gasteiger partial charge on any atom is 0.321 e. The first kappa shape index (κ1) is 18.8. The van der Waals surface area contributed by atoms with E-state index in [1.165, 1.54) is 25.4 Å². The van der Waals surface area contributed by atoms with E-state index in [0.717, 1.165) is 12.1 Å². The Morgan fingerprint density at radius 3 is 2.63 bits per heavy atom. The lowest BCUT2D eigenvalue weighted by atomic mass is 9.93. The van der Waals surface area contributed by atoms with Gasteiger partial charge in [-0.2, -0.15) is 0 Å². The van der Waals surface area contributed by atoms with Crippen LogP contribution in [0.15, 0.2) is 30.5 Å². The van der Waals surface area contributed by atoms with Crippen LogP contribution in [0.4, 0.5) is 19.4 Å². The van der Waals surface area contributed by atoms with Gasteiger partial charge in [-0.15, -0.1) is 0 Å². The second-order valence-electron chi connectivity index (χ2n) is 5.79. The molecule has 10 heteroatoms. The van der Waals surface area contributed by atoms with E-state index in [-0.39, 0.29) is 23.7 Å². The Balaban J connectivity index is 1.78. The van der Waals surface area contributed by atoms with Crippen molar-refractivity contribution in [2.45, 2.75) is 12.0 Å². The lowest BCUT2D eigenvalue weighted by Crippen LogP contribution is -2.45. The number of aromatic nitrogens is 1. The smallest absolute Gasteiger partial charge is 0.321 e. The first-order chi connectivity index (χ1) is 12.9. The van der Waals surface area contributed by atoms with E-state index in [0.29, 0.717) is 5.02 Å². The van der Waals surface area contributed by atoms with Gasteiger partial charge >= 0.3 is 6.03 Å². The number of amides is 3. The fraction of sp³-hybridized carbons (Fsp3) is 0.235. The van der Waals surface area contributed by atoms with Crippen LogP contribution in [0.1, 0.15) is 11.5 Å². The molecule has 1 aliphatic heterocycles. The molecule has 0 saturated carbocycles. The molecule has 0 bridgehead atoms. The molecule has 1 aliphatic rings. The highest BCUT2D eigenvalue weighted by atomic mass is 35.5. The maximum atomic E-state index is 14.4. The molecule has 0 aliphatic carbocycles. The van der Waals surface area contributed by atoms with Crippen LogP contribution in [-0.4, -0.2) is 36.6 Å². The number of ether oxygens (including phenoxy) is 1. The fourth-order valence-electron chi connectivity index (χ4n) is 2.83. The minimum atomic E-state index is -1.16. The normalized spacial score (nSPS) is 18.7. The minimum absolute atomic E-state index is 0.0158. The average Bonchev–Trinajstić information content (AvgIpc) is 2.97. The van der Waals surface area contributed by atoms with Crippen molar-refractivity contribution in [1.82, 2.24) is 15.6 Å². The molecule has 2 atom stereocenters. The van der Waals surface area contributed by atoms with E-state index in [4.69, 9.17) is 16.3 Å². The Labute approximate surface area is 158 Å². The Bertz CT molecular complexity index is 856. The number of benzene rings is 1. The van der Waals surface area contributed by atoms with Crippen molar-refractivity contribution < 1.29 is 23.1 Å². The Morgan fingerprint density at radius 2 is 2.04 bits per heavy atom. The highest BCUT2D eigenvalue weighted by Crippen LogP contribution is 2.31. The minimum Gasteiger partial charge on any atom is -0.497 e. The number of nitrogens with one attached hydrogen (secondary N) is 3. The predicted octanol–water partition coefficient (Wildman–Crippen LogP) is 2.43. The van der Waals surface area contributed by atoms with Gasteiger partial charge in [0.15, 0.2) is 0 Å². The number of methoxy groups -OCH3 is 1. The number of carbonyl (C=O) groups is 2. The largest absolute Gasteiger partial charge is 0.497 e. The van der Waals surface area contributed by atoms with E-state index in [2.05, 4.69) is 20.9 Å². The van der Waals surface area contributed by atoms with Crippen LogP contribution in [0, 0.1) is 11.6 Å². The highest BCUT2D eigenvalue weighted by molar-refractivity contribution is 6.30. The van der Waals surface area contributed by atoms with Gasteiger partial charge in [0.2, 0.25) is 5.91 Å². The van der Waals surface area contributed by atoms with E-state index in [1.807, 2.05) is 0 Å². The molecular weight excluding hydrogens is 382 g/mol. The molecule has 3 N–H and O–H groups in total. The van der Waals surface area contributed by atoms with Crippen LogP contribution in [0.5, 0.6) is 5.75 Å². The van der Waals surface area contributed by atoms with Crippen molar-refractivity contribution in [2.24, 2.45) is 0 Å². The number of carbonyl (C=O) groups excluding carboxylic acids is 2. The number of rotatable bonds is 4. The Kier molecular flexibility index (Phi) is 5.41. The molecule has 2 unspecified atom stereocenters. The molecule has 0 spiro atoms. The quantitative estimate of drug-likeness (QED) is 0.740. The first-order valence-corrected chi connectivity index (χ1v) is 8.26. The zero-order chi connectivity index (χ0) is 19.6. The molecule has 1 aromatic heterocycles. The summed E-state index contributed by atoms with van der Waals surface area (Å²) < 4.78 is 33.5. The summed E-state index contributed by atoms with van der Waals surface area (Å²) in [5.41, 5.74) is -0.302. The van der Waals surface area contributed by atoms with Gasteiger partial charge in [-0.05, 0) is 12.1 Å². The van der Waals surface area contributed by atoms with Crippen LogP contribution in [0.3, 0.4) is 0 Å². The van der Waals surface area contributed by atoms with Gasteiger partial charge in [0.1, 0.15) is 29.2 Å². The SMILES string of the molecule is COc1cc(F)c(C2CNC(=O)C2NC(=O)Nc2ccc(Cl)cn2)c(F)c1. The second kappa shape index (κ2) is 7.75. The van der Waals surface area contributed by atoms with Gasteiger partial charge < -0.3 is 15.4 Å². The monoisotopic (exact) mass is 396 g/mol. The zero-order valence-corrected chi connectivity index (χ0v) is 14.8.